The maximum atomic E-state index is 12.7. The van der Waals surface area contributed by atoms with E-state index in [1.807, 2.05) is 24.3 Å². The highest BCUT2D eigenvalue weighted by Crippen LogP contribution is 2.28. The fourth-order valence-corrected chi connectivity index (χ4v) is 4.46. The molecule has 1 saturated carbocycles. The van der Waals surface area contributed by atoms with E-state index in [4.69, 9.17) is 5.26 Å². The minimum absolute atomic E-state index is 0.223. The third kappa shape index (κ3) is 4.25. The molecule has 6 heteroatoms. The van der Waals surface area contributed by atoms with Crippen molar-refractivity contribution in [2.75, 3.05) is 18.4 Å². The van der Waals surface area contributed by atoms with E-state index in [1.165, 1.54) is 30.4 Å². The fraction of sp³-hybridized carbons (Fsp3) is 0.308. The van der Waals surface area contributed by atoms with Crippen molar-refractivity contribution in [3.8, 4) is 17.2 Å². The van der Waals surface area contributed by atoms with E-state index >= 15 is 0 Å². The second kappa shape index (κ2) is 8.89. The molecular formula is C26H25N5O. The Bertz CT molecular complexity index is 1160. The van der Waals surface area contributed by atoms with Gasteiger partial charge in [0.05, 0.1) is 0 Å². The summed E-state index contributed by atoms with van der Waals surface area (Å²) in [5.41, 5.74) is 5.97. The quantitative estimate of drug-likeness (QED) is 0.679. The first-order valence-corrected chi connectivity index (χ1v) is 11.2. The first kappa shape index (κ1) is 20.3. The largest absolute Gasteiger partial charge is 0.321 e. The predicted molar refractivity (Wildman–Crippen MR) is 123 cm³/mol. The maximum Gasteiger partial charge on any atom is 0.274 e. The molecule has 6 nitrogen and oxygen atoms in total. The minimum Gasteiger partial charge on any atom is -0.321 e. The van der Waals surface area contributed by atoms with Crippen LogP contribution in [0.4, 0.5) is 5.69 Å². The van der Waals surface area contributed by atoms with Gasteiger partial charge in [-0.15, -0.1) is 0 Å². The zero-order chi connectivity index (χ0) is 21.9. The maximum absolute atomic E-state index is 12.7. The summed E-state index contributed by atoms with van der Waals surface area (Å²) in [6, 6.07) is 16.1. The highest BCUT2D eigenvalue weighted by Gasteiger charge is 2.26. The summed E-state index contributed by atoms with van der Waals surface area (Å²) >= 11 is 0. The Morgan fingerprint density at radius 2 is 1.72 bits per heavy atom. The molecule has 0 bridgehead atoms. The van der Waals surface area contributed by atoms with E-state index in [0.29, 0.717) is 11.4 Å². The summed E-state index contributed by atoms with van der Waals surface area (Å²) in [7, 11) is 0. The number of nitrogens with one attached hydrogen (secondary N) is 1. The number of carbonyl (C=O) groups is 1. The number of benzene rings is 1. The van der Waals surface area contributed by atoms with E-state index in [9.17, 15) is 4.79 Å². The van der Waals surface area contributed by atoms with E-state index in [2.05, 4.69) is 32.3 Å². The van der Waals surface area contributed by atoms with Crippen LogP contribution in [0.25, 0.3) is 11.1 Å². The fourth-order valence-electron chi connectivity index (χ4n) is 4.46. The summed E-state index contributed by atoms with van der Waals surface area (Å²) in [5, 5.41) is 11.9. The number of pyridine rings is 2. The zero-order valence-electron chi connectivity index (χ0n) is 17.9. The molecule has 1 aliphatic heterocycles. The number of aromatic nitrogens is 2. The summed E-state index contributed by atoms with van der Waals surface area (Å²) in [4.78, 5) is 23.8. The van der Waals surface area contributed by atoms with E-state index < -0.39 is 0 Å². The van der Waals surface area contributed by atoms with Crippen LogP contribution in [0.3, 0.4) is 0 Å². The first-order valence-electron chi connectivity index (χ1n) is 11.2. The molecule has 1 fully saturated rings. The summed E-state index contributed by atoms with van der Waals surface area (Å²) in [5.74, 6) is -0.223. The molecule has 3 aromatic rings. The predicted octanol–water partition coefficient (Wildman–Crippen LogP) is 4.22. The Hall–Kier alpha value is -3.56. The van der Waals surface area contributed by atoms with Gasteiger partial charge in [0, 0.05) is 48.3 Å². The van der Waals surface area contributed by atoms with Gasteiger partial charge in [0.2, 0.25) is 0 Å². The van der Waals surface area contributed by atoms with Crippen molar-refractivity contribution in [3.63, 3.8) is 0 Å². The van der Waals surface area contributed by atoms with Gasteiger partial charge in [-0.1, -0.05) is 18.6 Å². The van der Waals surface area contributed by atoms with Gasteiger partial charge < -0.3 is 5.32 Å². The van der Waals surface area contributed by atoms with Crippen LogP contribution in [0.2, 0.25) is 0 Å². The van der Waals surface area contributed by atoms with Crippen molar-refractivity contribution in [1.82, 2.24) is 14.9 Å². The lowest BCUT2D eigenvalue weighted by atomic mass is 9.91. The molecule has 1 N–H and O–H groups in total. The van der Waals surface area contributed by atoms with Gasteiger partial charge in [0.25, 0.3) is 5.91 Å². The molecule has 3 heterocycles. The molecule has 1 aromatic carbocycles. The Kier molecular flexibility index (Phi) is 5.66. The molecule has 2 aliphatic rings. The number of anilines is 1. The van der Waals surface area contributed by atoms with Crippen molar-refractivity contribution >= 4 is 11.6 Å². The summed E-state index contributed by atoms with van der Waals surface area (Å²) in [6.45, 7) is 2.23. The van der Waals surface area contributed by atoms with Gasteiger partial charge in [-0.25, -0.2) is 4.98 Å². The number of amides is 1. The van der Waals surface area contributed by atoms with Crippen LogP contribution in [0, 0.1) is 11.3 Å². The van der Waals surface area contributed by atoms with Crippen LogP contribution in [0.15, 0.2) is 54.9 Å². The minimum atomic E-state index is -0.223. The molecule has 32 heavy (non-hydrogen) atoms. The molecule has 2 aromatic heterocycles. The number of carbonyl (C=O) groups excluding carboxylic acids is 1. The number of nitriles is 1. The van der Waals surface area contributed by atoms with Gasteiger partial charge in [0.1, 0.15) is 17.5 Å². The van der Waals surface area contributed by atoms with Crippen LogP contribution >= 0.6 is 0 Å². The molecular weight excluding hydrogens is 398 g/mol. The average Bonchev–Trinajstić information content (AvgIpc) is 3.00. The smallest absolute Gasteiger partial charge is 0.274 e. The van der Waals surface area contributed by atoms with Crippen LogP contribution in [-0.4, -0.2) is 39.9 Å². The average molecular weight is 424 g/mol. The molecule has 0 unspecified atom stereocenters. The van der Waals surface area contributed by atoms with Crippen LogP contribution in [-0.2, 0) is 12.8 Å². The molecule has 0 radical (unpaired) electrons. The topological polar surface area (TPSA) is 81.9 Å². The Balaban J connectivity index is 1.25. The lowest BCUT2D eigenvalue weighted by molar-refractivity contribution is 0.102. The van der Waals surface area contributed by atoms with Gasteiger partial charge in [0.15, 0.2) is 0 Å². The van der Waals surface area contributed by atoms with Crippen LogP contribution in [0.1, 0.15) is 46.6 Å². The second-order valence-electron chi connectivity index (χ2n) is 8.53. The molecule has 1 aliphatic carbocycles. The van der Waals surface area contributed by atoms with E-state index in [1.54, 1.807) is 24.5 Å². The number of fused-ring (bicyclic) bond motifs is 1. The Morgan fingerprint density at radius 1 is 0.969 bits per heavy atom. The van der Waals surface area contributed by atoms with Crippen LogP contribution < -0.4 is 5.32 Å². The van der Waals surface area contributed by atoms with Crippen molar-refractivity contribution in [2.45, 2.75) is 38.1 Å². The van der Waals surface area contributed by atoms with Crippen molar-refractivity contribution in [3.05, 3.63) is 77.4 Å². The SMILES string of the molecule is N#Cc1ccc(-c2ccc(C(=O)Nc3ccc4c(c3)CCN(C3CCC3)CC4)nc2)cn1. The van der Waals surface area contributed by atoms with Gasteiger partial charge >= 0.3 is 0 Å². The number of rotatable bonds is 4. The molecule has 0 saturated heterocycles. The number of hydrogen-bond donors (Lipinski definition) is 1. The molecule has 0 spiro atoms. The van der Waals surface area contributed by atoms with Gasteiger partial charge in [-0.05, 0) is 67.1 Å². The number of hydrogen-bond acceptors (Lipinski definition) is 5. The van der Waals surface area contributed by atoms with Crippen molar-refractivity contribution < 1.29 is 4.79 Å². The Morgan fingerprint density at radius 3 is 2.34 bits per heavy atom. The molecule has 0 atom stereocenters. The standard InChI is InChI=1S/C26H25N5O/c27-15-23-8-5-20(16-28-23)21-6-9-25(29-17-21)26(32)30-22-7-4-18-10-12-31(24-2-1-3-24)13-11-19(18)14-22/h4-9,14,16-17,24H,1-3,10-13H2,(H,30,32). The normalized spacial score (nSPS) is 16.3. The van der Waals surface area contributed by atoms with Crippen LogP contribution in [0.5, 0.6) is 0 Å². The lowest BCUT2D eigenvalue weighted by Gasteiger charge is -2.36. The van der Waals surface area contributed by atoms with Gasteiger partial charge in [-0.2, -0.15) is 5.26 Å². The Labute approximate surface area is 187 Å². The monoisotopic (exact) mass is 423 g/mol. The second-order valence-corrected chi connectivity index (χ2v) is 8.53. The third-order valence-electron chi connectivity index (χ3n) is 6.60. The van der Waals surface area contributed by atoms with Gasteiger partial charge in [-0.3, -0.25) is 14.7 Å². The first-order chi connectivity index (χ1) is 15.7. The number of nitrogens with zero attached hydrogens (tertiary/aromatic N) is 4. The zero-order valence-corrected chi connectivity index (χ0v) is 17.9. The van der Waals surface area contributed by atoms with E-state index in [0.717, 1.165) is 48.8 Å². The summed E-state index contributed by atoms with van der Waals surface area (Å²) < 4.78 is 0. The van der Waals surface area contributed by atoms with Crippen molar-refractivity contribution in [2.24, 2.45) is 0 Å². The summed E-state index contributed by atoms with van der Waals surface area (Å²) in [6.07, 6.45) is 9.44. The highest BCUT2D eigenvalue weighted by atomic mass is 16.1. The van der Waals surface area contributed by atoms with Crippen molar-refractivity contribution in [1.29, 1.82) is 5.26 Å². The molecule has 5 rings (SSSR count). The highest BCUT2D eigenvalue weighted by molar-refractivity contribution is 6.03. The lowest BCUT2D eigenvalue weighted by Crippen LogP contribution is -2.41. The molecule has 1 amide bonds. The third-order valence-corrected chi connectivity index (χ3v) is 6.60. The molecule has 160 valence electrons. The van der Waals surface area contributed by atoms with E-state index in [-0.39, 0.29) is 5.91 Å².